The molecule has 0 spiro atoms. The minimum absolute atomic E-state index is 0.0615. The van der Waals surface area contributed by atoms with E-state index in [1.807, 2.05) is 33.8 Å². The van der Waals surface area contributed by atoms with E-state index < -0.39 is 0 Å². The Balaban J connectivity index is 2.93. The molecule has 1 rings (SSSR count). The van der Waals surface area contributed by atoms with Crippen LogP contribution >= 0.6 is 0 Å². The number of nitrogens with one attached hydrogen (secondary N) is 2. The van der Waals surface area contributed by atoms with Crippen molar-refractivity contribution in [1.29, 1.82) is 0 Å². The van der Waals surface area contributed by atoms with Crippen molar-refractivity contribution in [3.05, 3.63) is 29.3 Å². The summed E-state index contributed by atoms with van der Waals surface area (Å²) in [5.41, 5.74) is 4.69. The molecule has 1 aromatic rings. The lowest BCUT2D eigenvalue weighted by atomic mass is 10.0. The fourth-order valence-electron chi connectivity index (χ4n) is 1.42. The summed E-state index contributed by atoms with van der Waals surface area (Å²) in [7, 11) is 0. The lowest BCUT2D eigenvalue weighted by Crippen LogP contribution is -2.40. The summed E-state index contributed by atoms with van der Waals surface area (Å²) >= 11 is 0. The minimum atomic E-state index is -0.228. The molecule has 0 bridgehead atoms. The highest BCUT2D eigenvalue weighted by atomic mass is 16.1. The third-order valence-corrected chi connectivity index (χ3v) is 2.13. The Morgan fingerprint density at radius 3 is 2.38 bits per heavy atom. The maximum absolute atomic E-state index is 11.9. The van der Waals surface area contributed by atoms with E-state index in [4.69, 9.17) is 5.84 Å². The zero-order chi connectivity index (χ0) is 12.3. The number of nitrogen functional groups attached to an aromatic ring is 1. The van der Waals surface area contributed by atoms with Crippen molar-refractivity contribution in [1.82, 2.24) is 5.32 Å². The van der Waals surface area contributed by atoms with Gasteiger partial charge in [0.25, 0.3) is 5.91 Å². The third-order valence-electron chi connectivity index (χ3n) is 2.13. The van der Waals surface area contributed by atoms with Gasteiger partial charge in [0.2, 0.25) is 0 Å². The molecule has 0 aliphatic rings. The van der Waals surface area contributed by atoms with Crippen molar-refractivity contribution in [2.75, 3.05) is 5.43 Å². The van der Waals surface area contributed by atoms with Crippen LogP contribution in [0.25, 0.3) is 0 Å². The molecule has 16 heavy (non-hydrogen) atoms. The number of hydrogen-bond donors (Lipinski definition) is 3. The number of rotatable bonds is 2. The molecule has 0 heterocycles. The number of amides is 1. The van der Waals surface area contributed by atoms with Gasteiger partial charge in [-0.25, -0.2) is 0 Å². The first-order valence-corrected chi connectivity index (χ1v) is 5.23. The number of anilines is 1. The second-order valence-electron chi connectivity index (χ2n) is 4.88. The van der Waals surface area contributed by atoms with Gasteiger partial charge in [-0.05, 0) is 51.5 Å². The van der Waals surface area contributed by atoms with Crippen molar-refractivity contribution in [3.8, 4) is 0 Å². The molecule has 0 fully saturated rings. The molecule has 4 heteroatoms. The van der Waals surface area contributed by atoms with E-state index in [-0.39, 0.29) is 11.4 Å². The average Bonchev–Trinajstić information content (AvgIpc) is 2.14. The predicted octanol–water partition coefficient (Wildman–Crippen LogP) is 1.81. The molecule has 0 aliphatic carbocycles. The first-order chi connectivity index (χ1) is 7.33. The molecule has 1 amide bonds. The number of carbonyl (C=O) groups is 1. The molecular formula is C12H19N3O. The molecule has 1 aromatic carbocycles. The van der Waals surface area contributed by atoms with Crippen LogP contribution in [0.5, 0.6) is 0 Å². The monoisotopic (exact) mass is 221 g/mol. The molecular weight excluding hydrogens is 202 g/mol. The maximum atomic E-state index is 11.9. The van der Waals surface area contributed by atoms with Crippen molar-refractivity contribution >= 4 is 11.6 Å². The zero-order valence-electron chi connectivity index (χ0n) is 10.2. The Bertz CT molecular complexity index is 394. The van der Waals surface area contributed by atoms with Crippen LogP contribution in [-0.2, 0) is 0 Å². The standard InChI is InChI=1S/C12H19N3O/c1-8-7-9(15-13)5-6-10(8)11(16)14-12(2,3)4/h5-7,15H,13H2,1-4H3,(H,14,16). The van der Waals surface area contributed by atoms with Crippen LogP contribution in [0.15, 0.2) is 18.2 Å². The second kappa shape index (κ2) is 4.53. The van der Waals surface area contributed by atoms with Crippen LogP contribution < -0.4 is 16.6 Å². The zero-order valence-corrected chi connectivity index (χ0v) is 10.2. The summed E-state index contributed by atoms with van der Waals surface area (Å²) in [6.45, 7) is 7.75. The van der Waals surface area contributed by atoms with E-state index in [9.17, 15) is 4.79 Å². The number of hydrogen-bond acceptors (Lipinski definition) is 3. The largest absolute Gasteiger partial charge is 0.347 e. The van der Waals surface area contributed by atoms with Crippen LogP contribution in [0.2, 0.25) is 0 Å². The Morgan fingerprint density at radius 1 is 1.31 bits per heavy atom. The molecule has 4 N–H and O–H groups in total. The Labute approximate surface area is 96.2 Å². The molecule has 0 unspecified atom stereocenters. The molecule has 4 nitrogen and oxygen atoms in total. The Kier molecular flexibility index (Phi) is 3.55. The first-order valence-electron chi connectivity index (χ1n) is 5.23. The maximum Gasteiger partial charge on any atom is 0.251 e. The molecule has 0 saturated carbocycles. The Hall–Kier alpha value is -1.55. The number of benzene rings is 1. The molecule has 0 aliphatic heterocycles. The number of carbonyl (C=O) groups excluding carboxylic acids is 1. The molecule has 0 atom stereocenters. The number of hydrazine groups is 1. The second-order valence-corrected chi connectivity index (χ2v) is 4.88. The van der Waals surface area contributed by atoms with Gasteiger partial charge in [0.15, 0.2) is 0 Å². The van der Waals surface area contributed by atoms with Crippen molar-refractivity contribution in [2.24, 2.45) is 5.84 Å². The normalized spacial score (nSPS) is 11.1. The number of nitrogens with two attached hydrogens (primary N) is 1. The summed E-state index contributed by atoms with van der Waals surface area (Å²) in [6, 6.07) is 5.40. The predicted molar refractivity (Wildman–Crippen MR) is 66.2 cm³/mol. The number of aryl methyl sites for hydroxylation is 1. The van der Waals surface area contributed by atoms with E-state index in [1.54, 1.807) is 12.1 Å². The van der Waals surface area contributed by atoms with E-state index in [0.29, 0.717) is 5.56 Å². The summed E-state index contributed by atoms with van der Waals surface area (Å²) in [6.07, 6.45) is 0. The van der Waals surface area contributed by atoms with Crippen LogP contribution in [0, 0.1) is 6.92 Å². The lowest BCUT2D eigenvalue weighted by molar-refractivity contribution is 0.0919. The van der Waals surface area contributed by atoms with Gasteiger partial charge in [0.05, 0.1) is 0 Å². The highest BCUT2D eigenvalue weighted by Gasteiger charge is 2.16. The molecule has 0 radical (unpaired) electrons. The quantitative estimate of drug-likeness (QED) is 0.527. The lowest BCUT2D eigenvalue weighted by Gasteiger charge is -2.21. The van der Waals surface area contributed by atoms with Crippen molar-refractivity contribution < 1.29 is 4.79 Å². The van der Waals surface area contributed by atoms with Gasteiger partial charge in [-0.1, -0.05) is 0 Å². The molecule has 88 valence electrons. The van der Waals surface area contributed by atoms with Gasteiger partial charge in [0.1, 0.15) is 0 Å². The summed E-state index contributed by atoms with van der Waals surface area (Å²) in [4.78, 5) is 11.9. The molecule has 0 saturated heterocycles. The molecule has 0 aromatic heterocycles. The third kappa shape index (κ3) is 3.24. The minimum Gasteiger partial charge on any atom is -0.347 e. The van der Waals surface area contributed by atoms with Crippen LogP contribution in [0.4, 0.5) is 5.69 Å². The van der Waals surface area contributed by atoms with E-state index in [1.165, 1.54) is 0 Å². The van der Waals surface area contributed by atoms with E-state index >= 15 is 0 Å². The fraction of sp³-hybridized carbons (Fsp3) is 0.417. The van der Waals surface area contributed by atoms with Gasteiger partial charge >= 0.3 is 0 Å². The highest BCUT2D eigenvalue weighted by Crippen LogP contribution is 2.15. The topological polar surface area (TPSA) is 67.1 Å². The van der Waals surface area contributed by atoms with Crippen molar-refractivity contribution in [3.63, 3.8) is 0 Å². The van der Waals surface area contributed by atoms with Gasteiger partial charge in [-0.2, -0.15) is 0 Å². The van der Waals surface area contributed by atoms with Gasteiger partial charge in [-0.3, -0.25) is 10.6 Å². The van der Waals surface area contributed by atoms with E-state index in [2.05, 4.69) is 10.7 Å². The summed E-state index contributed by atoms with van der Waals surface area (Å²) in [5, 5.41) is 2.92. The first kappa shape index (κ1) is 12.5. The summed E-state index contributed by atoms with van der Waals surface area (Å²) < 4.78 is 0. The van der Waals surface area contributed by atoms with Crippen LogP contribution in [0.3, 0.4) is 0 Å². The fourth-order valence-corrected chi connectivity index (χ4v) is 1.42. The average molecular weight is 221 g/mol. The van der Waals surface area contributed by atoms with Crippen molar-refractivity contribution in [2.45, 2.75) is 33.2 Å². The highest BCUT2D eigenvalue weighted by molar-refractivity contribution is 5.96. The smallest absolute Gasteiger partial charge is 0.251 e. The van der Waals surface area contributed by atoms with Gasteiger partial charge < -0.3 is 10.7 Å². The SMILES string of the molecule is Cc1cc(NN)ccc1C(=O)NC(C)(C)C. The summed E-state index contributed by atoms with van der Waals surface area (Å²) in [5.74, 6) is 5.23. The van der Waals surface area contributed by atoms with Crippen LogP contribution in [0.1, 0.15) is 36.7 Å². The Morgan fingerprint density at radius 2 is 1.94 bits per heavy atom. The van der Waals surface area contributed by atoms with Crippen LogP contribution in [-0.4, -0.2) is 11.4 Å². The van der Waals surface area contributed by atoms with Gasteiger partial charge in [0, 0.05) is 16.8 Å². The van der Waals surface area contributed by atoms with Gasteiger partial charge in [-0.15, -0.1) is 0 Å². The van der Waals surface area contributed by atoms with E-state index in [0.717, 1.165) is 11.3 Å².